The highest BCUT2D eigenvalue weighted by Crippen LogP contribution is 2.34. The molecule has 49 heavy (non-hydrogen) atoms. The minimum Gasteiger partial charge on any atom is -0.309 e. The quantitative estimate of drug-likeness (QED) is 0.184. The van der Waals surface area contributed by atoms with Crippen LogP contribution in [-0.2, 0) is 0 Å². The summed E-state index contributed by atoms with van der Waals surface area (Å²) in [6.45, 7) is 0. The Morgan fingerprint density at radius 2 is 0.694 bits per heavy atom. The van der Waals surface area contributed by atoms with E-state index >= 15 is 0 Å². The second kappa shape index (κ2) is 12.2. The molecular formula is C45H30N4. The highest BCUT2D eigenvalue weighted by Gasteiger charge is 2.16. The lowest BCUT2D eigenvalue weighted by atomic mass is 9.99. The van der Waals surface area contributed by atoms with E-state index in [1.807, 2.05) is 42.5 Å². The second-order valence-electron chi connectivity index (χ2n) is 12.1. The van der Waals surface area contributed by atoms with E-state index in [-0.39, 0.29) is 0 Å². The molecule has 0 fully saturated rings. The third-order valence-corrected chi connectivity index (χ3v) is 9.10. The molecule has 9 rings (SSSR count). The summed E-state index contributed by atoms with van der Waals surface area (Å²) in [5.74, 6) is 1.93. The molecule has 0 aliphatic heterocycles. The molecule has 0 atom stereocenters. The lowest BCUT2D eigenvalue weighted by Gasteiger charge is -2.12. The summed E-state index contributed by atoms with van der Waals surface area (Å²) >= 11 is 0. The van der Waals surface area contributed by atoms with E-state index in [0.29, 0.717) is 17.5 Å². The normalized spacial score (nSPS) is 11.3. The van der Waals surface area contributed by atoms with Gasteiger partial charge in [-0.25, -0.2) is 15.0 Å². The molecule has 0 saturated carbocycles. The van der Waals surface area contributed by atoms with Crippen LogP contribution in [0, 0.1) is 0 Å². The fourth-order valence-corrected chi connectivity index (χ4v) is 6.70. The van der Waals surface area contributed by atoms with E-state index in [1.54, 1.807) is 0 Å². The molecule has 9 aromatic rings. The van der Waals surface area contributed by atoms with Gasteiger partial charge in [-0.05, 0) is 46.5 Å². The number of hydrogen-bond donors (Lipinski definition) is 0. The van der Waals surface area contributed by atoms with E-state index in [2.05, 4.69) is 144 Å². The predicted octanol–water partition coefficient (Wildman–Crippen LogP) is 11.3. The van der Waals surface area contributed by atoms with Gasteiger partial charge in [-0.15, -0.1) is 0 Å². The van der Waals surface area contributed by atoms with Gasteiger partial charge in [-0.2, -0.15) is 0 Å². The molecule has 4 heteroatoms. The van der Waals surface area contributed by atoms with Crippen LogP contribution in [0.3, 0.4) is 0 Å². The van der Waals surface area contributed by atoms with Crippen molar-refractivity contribution >= 4 is 21.8 Å². The van der Waals surface area contributed by atoms with Crippen LogP contribution in [0.1, 0.15) is 0 Å². The zero-order chi connectivity index (χ0) is 32.6. The highest BCUT2D eigenvalue weighted by molar-refractivity contribution is 6.09. The molecule has 0 aliphatic carbocycles. The van der Waals surface area contributed by atoms with Gasteiger partial charge in [-0.3, -0.25) is 0 Å². The van der Waals surface area contributed by atoms with Gasteiger partial charge in [0, 0.05) is 33.2 Å². The van der Waals surface area contributed by atoms with E-state index in [0.717, 1.165) is 44.6 Å². The summed E-state index contributed by atoms with van der Waals surface area (Å²) in [4.78, 5) is 15.0. The zero-order valence-electron chi connectivity index (χ0n) is 26.6. The van der Waals surface area contributed by atoms with Crippen molar-refractivity contribution in [3.05, 3.63) is 182 Å². The van der Waals surface area contributed by atoms with Gasteiger partial charge >= 0.3 is 0 Å². The van der Waals surface area contributed by atoms with Gasteiger partial charge in [0.05, 0.1) is 11.0 Å². The first-order valence-corrected chi connectivity index (χ1v) is 16.5. The van der Waals surface area contributed by atoms with Crippen LogP contribution in [0.25, 0.3) is 83.9 Å². The van der Waals surface area contributed by atoms with E-state index < -0.39 is 0 Å². The number of rotatable bonds is 6. The highest BCUT2D eigenvalue weighted by atomic mass is 15.0. The maximum Gasteiger partial charge on any atom is 0.164 e. The molecule has 4 nitrogen and oxygen atoms in total. The van der Waals surface area contributed by atoms with Gasteiger partial charge in [0.25, 0.3) is 0 Å². The minimum absolute atomic E-state index is 0.639. The van der Waals surface area contributed by atoms with Crippen LogP contribution in [0.15, 0.2) is 182 Å². The van der Waals surface area contributed by atoms with Crippen molar-refractivity contribution in [3.63, 3.8) is 0 Å². The van der Waals surface area contributed by atoms with E-state index in [9.17, 15) is 0 Å². The van der Waals surface area contributed by atoms with Crippen LogP contribution in [-0.4, -0.2) is 19.5 Å². The average molecular weight is 627 g/mol. The SMILES string of the molecule is c1ccc(-c2nc(-c3ccc(-c4ccc(-n5c6ccccc6c6ccccc65)cc4)cc3)nc(-c3ccccc3-c3ccccc3)n2)cc1. The molecule has 0 bridgehead atoms. The molecule has 0 radical (unpaired) electrons. The fourth-order valence-electron chi connectivity index (χ4n) is 6.70. The number of hydrogen-bond acceptors (Lipinski definition) is 3. The smallest absolute Gasteiger partial charge is 0.164 e. The van der Waals surface area contributed by atoms with Gasteiger partial charge < -0.3 is 4.57 Å². The Bertz CT molecular complexity index is 2520. The summed E-state index contributed by atoms with van der Waals surface area (Å²) in [7, 11) is 0. The van der Waals surface area contributed by atoms with E-state index in [4.69, 9.17) is 15.0 Å². The zero-order valence-corrected chi connectivity index (χ0v) is 26.6. The monoisotopic (exact) mass is 626 g/mol. The Balaban J connectivity index is 1.09. The first-order valence-electron chi connectivity index (χ1n) is 16.5. The van der Waals surface area contributed by atoms with Crippen LogP contribution in [0.4, 0.5) is 0 Å². The van der Waals surface area contributed by atoms with Gasteiger partial charge in [0.15, 0.2) is 17.5 Å². The van der Waals surface area contributed by atoms with Crippen molar-refractivity contribution in [2.45, 2.75) is 0 Å². The average Bonchev–Trinajstić information content (AvgIpc) is 3.53. The minimum atomic E-state index is 0.639. The molecule has 0 saturated heterocycles. The van der Waals surface area contributed by atoms with Crippen molar-refractivity contribution in [1.29, 1.82) is 0 Å². The number of para-hydroxylation sites is 2. The molecular weight excluding hydrogens is 597 g/mol. The van der Waals surface area contributed by atoms with Crippen molar-refractivity contribution in [1.82, 2.24) is 19.5 Å². The maximum atomic E-state index is 5.05. The third kappa shape index (κ3) is 5.26. The summed E-state index contributed by atoms with van der Waals surface area (Å²) in [6, 6.07) is 63.3. The predicted molar refractivity (Wildman–Crippen MR) is 201 cm³/mol. The Hall–Kier alpha value is -6.65. The molecule has 7 aromatic carbocycles. The summed E-state index contributed by atoms with van der Waals surface area (Å²) in [6.07, 6.45) is 0. The van der Waals surface area contributed by atoms with Crippen molar-refractivity contribution in [2.24, 2.45) is 0 Å². The second-order valence-corrected chi connectivity index (χ2v) is 12.1. The summed E-state index contributed by atoms with van der Waals surface area (Å²) < 4.78 is 2.34. The Kier molecular flexibility index (Phi) is 7.10. The van der Waals surface area contributed by atoms with Crippen molar-refractivity contribution < 1.29 is 0 Å². The molecule has 0 aliphatic rings. The van der Waals surface area contributed by atoms with Crippen molar-refractivity contribution in [2.75, 3.05) is 0 Å². The third-order valence-electron chi connectivity index (χ3n) is 9.10. The molecule has 0 amide bonds. The molecule has 2 heterocycles. The topological polar surface area (TPSA) is 43.6 Å². The summed E-state index contributed by atoms with van der Waals surface area (Å²) in [5.41, 5.74) is 10.9. The first kappa shape index (κ1) is 28.6. The fraction of sp³-hybridized carbons (Fsp3) is 0. The van der Waals surface area contributed by atoms with E-state index in [1.165, 1.54) is 21.8 Å². The standard InChI is InChI=1S/C45H30N4/c1-3-13-33(14-4-1)37-17-7-8-20-40(37)45-47-43(34-15-5-2-6-16-34)46-44(48-45)35-25-23-31(24-26-35)32-27-29-36(30-28-32)49-41-21-11-9-18-38(41)39-19-10-12-22-42(39)49/h1-30H. The van der Waals surface area contributed by atoms with Crippen molar-refractivity contribution in [3.8, 4) is 62.1 Å². The van der Waals surface area contributed by atoms with Gasteiger partial charge in [-0.1, -0.05) is 158 Å². The molecule has 230 valence electrons. The van der Waals surface area contributed by atoms with Crippen LogP contribution in [0.5, 0.6) is 0 Å². The Morgan fingerprint density at radius 3 is 1.29 bits per heavy atom. The number of benzene rings is 7. The molecule has 2 aromatic heterocycles. The maximum absolute atomic E-state index is 5.05. The molecule has 0 spiro atoms. The number of aromatic nitrogens is 4. The number of nitrogens with zero attached hydrogens (tertiary/aromatic N) is 4. The molecule has 0 unspecified atom stereocenters. The molecule has 0 N–H and O–H groups in total. The Morgan fingerprint density at radius 1 is 0.286 bits per heavy atom. The largest absolute Gasteiger partial charge is 0.309 e. The lowest BCUT2D eigenvalue weighted by Crippen LogP contribution is -2.01. The van der Waals surface area contributed by atoms with Gasteiger partial charge in [0.2, 0.25) is 0 Å². The number of fused-ring (bicyclic) bond motifs is 3. The summed E-state index contributed by atoms with van der Waals surface area (Å²) in [5, 5.41) is 2.52. The van der Waals surface area contributed by atoms with Crippen LogP contribution in [0.2, 0.25) is 0 Å². The lowest BCUT2D eigenvalue weighted by molar-refractivity contribution is 1.07. The van der Waals surface area contributed by atoms with Crippen LogP contribution >= 0.6 is 0 Å². The van der Waals surface area contributed by atoms with Crippen LogP contribution < -0.4 is 0 Å². The Labute approximate surface area is 284 Å². The first-order chi connectivity index (χ1) is 24.3. The van der Waals surface area contributed by atoms with Gasteiger partial charge in [0.1, 0.15) is 0 Å².